The van der Waals surface area contributed by atoms with Gasteiger partial charge < -0.3 is 15.0 Å². The number of benzene rings is 1. The van der Waals surface area contributed by atoms with Gasteiger partial charge in [-0.2, -0.15) is 5.10 Å². The van der Waals surface area contributed by atoms with E-state index in [0.29, 0.717) is 6.54 Å². The van der Waals surface area contributed by atoms with Crippen molar-refractivity contribution in [1.82, 2.24) is 15.1 Å². The number of carbonyl (C=O) groups is 1. The molecule has 0 spiro atoms. The highest BCUT2D eigenvalue weighted by Gasteiger charge is 2.27. The minimum atomic E-state index is -0.526. The molecular weight excluding hydrogens is 404 g/mol. The second-order valence-corrected chi connectivity index (χ2v) is 10.2. The molecule has 1 amide bonds. The monoisotopic (exact) mass is 440 g/mol. The lowest BCUT2D eigenvalue weighted by Gasteiger charge is -2.30. The molecule has 0 bridgehead atoms. The lowest BCUT2D eigenvalue weighted by Crippen LogP contribution is -2.45. The van der Waals surface area contributed by atoms with E-state index in [9.17, 15) is 9.59 Å². The molecule has 7 nitrogen and oxygen atoms in total. The van der Waals surface area contributed by atoms with E-state index in [1.54, 1.807) is 4.68 Å². The fourth-order valence-corrected chi connectivity index (χ4v) is 4.92. The van der Waals surface area contributed by atoms with Crippen LogP contribution in [0.3, 0.4) is 0 Å². The minimum absolute atomic E-state index is 0.00880. The smallest absolute Gasteiger partial charge is 0.407 e. The Morgan fingerprint density at radius 3 is 2.44 bits per heavy atom. The Bertz CT molecular complexity index is 1000. The Morgan fingerprint density at radius 1 is 1.03 bits per heavy atom. The molecule has 1 atom stereocenters. The predicted molar refractivity (Wildman–Crippen MR) is 127 cm³/mol. The van der Waals surface area contributed by atoms with Crippen LogP contribution in [0.4, 0.5) is 10.6 Å². The van der Waals surface area contributed by atoms with Crippen molar-refractivity contribution >= 4 is 22.7 Å². The summed E-state index contributed by atoms with van der Waals surface area (Å²) in [5.41, 5.74) is -0.517. The Morgan fingerprint density at radius 2 is 1.72 bits per heavy atom. The first-order valence-electron chi connectivity index (χ1n) is 12.1. The molecule has 2 heterocycles. The van der Waals surface area contributed by atoms with Gasteiger partial charge in [0.1, 0.15) is 5.60 Å². The second-order valence-electron chi connectivity index (χ2n) is 10.2. The number of hydrogen-bond donors (Lipinski definition) is 1. The zero-order valence-electron chi connectivity index (χ0n) is 19.6. The van der Waals surface area contributed by atoms with Gasteiger partial charge in [-0.3, -0.25) is 4.79 Å². The molecule has 0 radical (unpaired) electrons. The molecule has 1 saturated carbocycles. The average Bonchev–Trinajstić information content (AvgIpc) is 2.99. The summed E-state index contributed by atoms with van der Waals surface area (Å²) < 4.78 is 7.23. The van der Waals surface area contributed by atoms with Crippen molar-refractivity contribution in [3.8, 4) is 0 Å². The quantitative estimate of drug-likeness (QED) is 0.743. The molecule has 2 aliphatic rings. The minimum Gasteiger partial charge on any atom is -0.444 e. The summed E-state index contributed by atoms with van der Waals surface area (Å²) in [7, 11) is 0. The third-order valence-corrected chi connectivity index (χ3v) is 6.42. The number of carbonyl (C=O) groups excluding carboxylic acids is 1. The van der Waals surface area contributed by atoms with Gasteiger partial charge in [0.05, 0.1) is 11.4 Å². The van der Waals surface area contributed by atoms with Gasteiger partial charge >= 0.3 is 6.09 Å². The van der Waals surface area contributed by atoms with Crippen LogP contribution in [0.5, 0.6) is 0 Å². The summed E-state index contributed by atoms with van der Waals surface area (Å²) in [5, 5.41) is 9.62. The first-order chi connectivity index (χ1) is 15.3. The highest BCUT2D eigenvalue weighted by atomic mass is 16.6. The molecule has 1 aromatic carbocycles. The number of fused-ring (bicyclic) bond motifs is 1. The maximum absolute atomic E-state index is 13.3. The van der Waals surface area contributed by atoms with E-state index in [1.807, 2.05) is 45.0 Å². The third kappa shape index (κ3) is 5.25. The molecule has 7 heteroatoms. The lowest BCUT2D eigenvalue weighted by atomic mass is 9.95. The Labute approximate surface area is 190 Å². The fraction of sp³-hybridized carbons (Fsp3) is 0.640. The topological polar surface area (TPSA) is 76.5 Å². The molecule has 1 aliphatic carbocycles. The largest absolute Gasteiger partial charge is 0.444 e. The summed E-state index contributed by atoms with van der Waals surface area (Å²) in [6, 6.07) is 7.94. The lowest BCUT2D eigenvalue weighted by molar-refractivity contribution is 0.0504. The van der Waals surface area contributed by atoms with E-state index < -0.39 is 5.60 Å². The van der Waals surface area contributed by atoms with Gasteiger partial charge in [-0.1, -0.05) is 37.5 Å². The highest BCUT2D eigenvalue weighted by Crippen LogP contribution is 2.30. The summed E-state index contributed by atoms with van der Waals surface area (Å²) in [6.45, 7) is 7.12. The molecular formula is C25H36N4O3. The van der Waals surface area contributed by atoms with Crippen LogP contribution in [0.15, 0.2) is 29.1 Å². The van der Waals surface area contributed by atoms with Crippen LogP contribution in [0.2, 0.25) is 0 Å². The predicted octanol–water partition coefficient (Wildman–Crippen LogP) is 4.79. The number of alkyl carbamates (subject to hydrolysis) is 1. The molecule has 0 unspecified atom stereocenters. The van der Waals surface area contributed by atoms with Gasteiger partial charge in [0.15, 0.2) is 5.82 Å². The van der Waals surface area contributed by atoms with Crippen LogP contribution in [-0.2, 0) is 4.74 Å². The van der Waals surface area contributed by atoms with Gasteiger partial charge in [0.2, 0.25) is 0 Å². The first kappa shape index (κ1) is 22.6. The summed E-state index contributed by atoms with van der Waals surface area (Å²) in [5.74, 6) is 0.851. The van der Waals surface area contributed by atoms with Crippen molar-refractivity contribution in [2.24, 2.45) is 0 Å². The molecule has 174 valence electrons. The number of amides is 1. The molecule has 1 aromatic heterocycles. The van der Waals surface area contributed by atoms with Crippen LogP contribution in [0.1, 0.15) is 78.2 Å². The number of anilines is 1. The van der Waals surface area contributed by atoms with E-state index >= 15 is 0 Å². The van der Waals surface area contributed by atoms with E-state index in [1.165, 1.54) is 6.42 Å². The van der Waals surface area contributed by atoms with Crippen molar-refractivity contribution in [2.75, 3.05) is 18.0 Å². The summed E-state index contributed by atoms with van der Waals surface area (Å²) in [4.78, 5) is 27.9. The van der Waals surface area contributed by atoms with E-state index in [0.717, 1.165) is 68.1 Å². The number of aromatic nitrogens is 2. The maximum atomic E-state index is 13.3. The summed E-state index contributed by atoms with van der Waals surface area (Å²) >= 11 is 0. The van der Waals surface area contributed by atoms with Crippen LogP contribution in [0, 0.1) is 0 Å². The molecule has 1 aliphatic heterocycles. The molecule has 1 N–H and O–H groups in total. The number of ether oxygens (including phenoxy) is 1. The van der Waals surface area contributed by atoms with Crippen molar-refractivity contribution in [2.45, 2.75) is 89.8 Å². The summed E-state index contributed by atoms with van der Waals surface area (Å²) in [6.07, 6.45) is 8.10. The Hall–Kier alpha value is -2.57. The first-order valence-corrected chi connectivity index (χ1v) is 12.1. The average molecular weight is 441 g/mol. The third-order valence-electron chi connectivity index (χ3n) is 6.42. The zero-order chi connectivity index (χ0) is 22.7. The number of rotatable bonds is 3. The van der Waals surface area contributed by atoms with E-state index in [4.69, 9.17) is 9.84 Å². The molecule has 1 saturated heterocycles. The van der Waals surface area contributed by atoms with Gasteiger partial charge in [0, 0.05) is 24.5 Å². The van der Waals surface area contributed by atoms with Gasteiger partial charge in [-0.05, 0) is 58.9 Å². The maximum Gasteiger partial charge on any atom is 0.407 e. The zero-order valence-corrected chi connectivity index (χ0v) is 19.6. The molecule has 2 fully saturated rings. The second kappa shape index (κ2) is 9.51. The van der Waals surface area contributed by atoms with Crippen LogP contribution >= 0.6 is 0 Å². The fourth-order valence-electron chi connectivity index (χ4n) is 4.92. The Balaban J connectivity index is 1.65. The van der Waals surface area contributed by atoms with Crippen molar-refractivity contribution < 1.29 is 9.53 Å². The molecule has 32 heavy (non-hydrogen) atoms. The SMILES string of the molecule is CC(C)(C)OC(=O)N[C@H]1CCCCN(c2nn(C3CCCCC3)c(=O)c3ccccc23)C1. The van der Waals surface area contributed by atoms with Gasteiger partial charge in [-0.25, -0.2) is 9.48 Å². The molecule has 4 rings (SSSR count). The van der Waals surface area contributed by atoms with Crippen molar-refractivity contribution in [1.29, 1.82) is 0 Å². The van der Waals surface area contributed by atoms with E-state index in [-0.39, 0.29) is 23.7 Å². The van der Waals surface area contributed by atoms with Gasteiger partial charge in [-0.15, -0.1) is 0 Å². The highest BCUT2D eigenvalue weighted by molar-refractivity contribution is 5.91. The Kier molecular flexibility index (Phi) is 6.72. The molecule has 2 aromatic rings. The normalized spacial score (nSPS) is 20.7. The number of nitrogens with one attached hydrogen (secondary N) is 1. The standard InChI is InChI=1S/C25H36N4O3/c1-25(2,3)32-24(31)26-18-11-9-10-16-28(17-18)22-20-14-7-8-15-21(20)23(30)29(27-22)19-12-5-4-6-13-19/h7-8,14-15,18-19H,4-6,9-13,16-17H2,1-3H3,(H,26,31)/t18-/m0/s1. The van der Waals surface area contributed by atoms with Gasteiger partial charge in [0.25, 0.3) is 5.56 Å². The van der Waals surface area contributed by atoms with Crippen LogP contribution in [0.25, 0.3) is 10.8 Å². The van der Waals surface area contributed by atoms with Crippen molar-refractivity contribution in [3.63, 3.8) is 0 Å². The number of hydrogen-bond acceptors (Lipinski definition) is 5. The van der Waals surface area contributed by atoms with Crippen LogP contribution in [-0.4, -0.2) is 40.6 Å². The van der Waals surface area contributed by atoms with E-state index in [2.05, 4.69) is 10.2 Å². The van der Waals surface area contributed by atoms with Crippen molar-refractivity contribution in [3.05, 3.63) is 34.6 Å². The number of nitrogens with zero attached hydrogens (tertiary/aromatic N) is 3. The van der Waals surface area contributed by atoms with Crippen LogP contribution < -0.4 is 15.8 Å².